The van der Waals surface area contributed by atoms with Gasteiger partial charge in [0.05, 0.1) is 11.4 Å². The molecule has 0 unspecified atom stereocenters. The number of hydrogen-bond donors (Lipinski definition) is 0. The predicted octanol–water partition coefficient (Wildman–Crippen LogP) is 11.8. The summed E-state index contributed by atoms with van der Waals surface area (Å²) in [5.41, 5.74) is 9.62. The average molecular weight is 595 g/mol. The van der Waals surface area contributed by atoms with Gasteiger partial charge < -0.3 is 0 Å². The zero-order valence-electron chi connectivity index (χ0n) is 24.4. The second-order valence-electron chi connectivity index (χ2n) is 11.1. The lowest BCUT2D eigenvalue weighted by molar-refractivity contribution is 1.18. The highest BCUT2D eigenvalue weighted by molar-refractivity contribution is 6.30. The van der Waals surface area contributed by atoms with Crippen LogP contribution in [-0.4, -0.2) is 9.97 Å². The minimum atomic E-state index is 0.690. The van der Waals surface area contributed by atoms with Crippen molar-refractivity contribution in [3.8, 4) is 56.2 Å². The molecule has 0 spiro atoms. The highest BCUT2D eigenvalue weighted by atomic mass is 35.5. The first-order valence-electron chi connectivity index (χ1n) is 15.0. The minimum Gasteiger partial charge on any atom is -0.228 e. The Bertz CT molecular complexity index is 2240. The number of rotatable bonds is 5. The number of hydrogen-bond acceptors (Lipinski definition) is 2. The van der Waals surface area contributed by atoms with Crippen molar-refractivity contribution >= 4 is 33.1 Å². The Balaban J connectivity index is 1.29. The van der Waals surface area contributed by atoms with E-state index in [-0.39, 0.29) is 0 Å². The summed E-state index contributed by atoms with van der Waals surface area (Å²) in [4.78, 5) is 9.97. The smallest absolute Gasteiger partial charge is 0.160 e. The van der Waals surface area contributed by atoms with Gasteiger partial charge in [-0.15, -0.1) is 0 Å². The third-order valence-corrected chi connectivity index (χ3v) is 8.61. The molecule has 1 aromatic heterocycles. The van der Waals surface area contributed by atoms with Crippen LogP contribution in [0.15, 0.2) is 164 Å². The molecule has 0 atom stereocenters. The minimum absolute atomic E-state index is 0.690. The fourth-order valence-electron chi connectivity index (χ4n) is 6.24. The largest absolute Gasteiger partial charge is 0.228 e. The lowest BCUT2D eigenvalue weighted by atomic mass is 9.86. The van der Waals surface area contributed by atoms with Crippen LogP contribution in [0, 0.1) is 0 Å². The van der Waals surface area contributed by atoms with E-state index in [1.807, 2.05) is 54.6 Å². The van der Waals surface area contributed by atoms with E-state index in [0.29, 0.717) is 10.8 Å². The zero-order chi connectivity index (χ0) is 30.2. The Morgan fingerprint density at radius 1 is 0.333 bits per heavy atom. The van der Waals surface area contributed by atoms with E-state index in [1.54, 1.807) is 0 Å². The molecule has 0 fully saturated rings. The molecule has 45 heavy (non-hydrogen) atoms. The van der Waals surface area contributed by atoms with Crippen LogP contribution in [0.1, 0.15) is 0 Å². The van der Waals surface area contributed by atoms with Gasteiger partial charge in [-0.05, 0) is 62.0 Å². The van der Waals surface area contributed by atoms with Crippen molar-refractivity contribution in [1.29, 1.82) is 0 Å². The molecule has 3 heteroatoms. The second-order valence-corrected chi connectivity index (χ2v) is 11.6. The first-order chi connectivity index (χ1) is 22.2. The van der Waals surface area contributed by atoms with Gasteiger partial charge >= 0.3 is 0 Å². The van der Waals surface area contributed by atoms with Crippen LogP contribution in [0.4, 0.5) is 0 Å². The molecule has 0 saturated heterocycles. The molecule has 0 bridgehead atoms. The Hall–Kier alpha value is -5.57. The van der Waals surface area contributed by atoms with E-state index in [2.05, 4.69) is 109 Å². The molecule has 0 aliphatic heterocycles. The molecular formula is C42H27ClN2. The maximum absolute atomic E-state index is 6.20. The summed E-state index contributed by atoms with van der Waals surface area (Å²) in [6, 6.07) is 57.0. The number of halogens is 1. The van der Waals surface area contributed by atoms with E-state index in [9.17, 15) is 0 Å². The van der Waals surface area contributed by atoms with Gasteiger partial charge in [0, 0.05) is 21.7 Å². The summed E-state index contributed by atoms with van der Waals surface area (Å²) in [5.74, 6) is 0.690. The molecule has 1 heterocycles. The molecule has 0 radical (unpaired) electrons. The first kappa shape index (κ1) is 27.0. The van der Waals surface area contributed by atoms with Gasteiger partial charge in [0.2, 0.25) is 0 Å². The van der Waals surface area contributed by atoms with Crippen LogP contribution in [-0.2, 0) is 0 Å². The topological polar surface area (TPSA) is 25.8 Å². The Labute approximate surface area is 267 Å². The lowest BCUT2D eigenvalue weighted by Gasteiger charge is -2.18. The molecule has 8 aromatic rings. The van der Waals surface area contributed by atoms with Gasteiger partial charge in [0.1, 0.15) is 0 Å². The molecule has 0 N–H and O–H groups in total. The Kier molecular flexibility index (Phi) is 6.90. The summed E-state index contributed by atoms with van der Waals surface area (Å²) in [7, 11) is 0. The normalized spacial score (nSPS) is 11.2. The summed E-state index contributed by atoms with van der Waals surface area (Å²) < 4.78 is 0. The van der Waals surface area contributed by atoms with Crippen molar-refractivity contribution in [3.05, 3.63) is 169 Å². The summed E-state index contributed by atoms with van der Waals surface area (Å²) in [6.45, 7) is 0. The van der Waals surface area contributed by atoms with Crippen molar-refractivity contribution in [2.24, 2.45) is 0 Å². The van der Waals surface area contributed by atoms with Gasteiger partial charge in [0.15, 0.2) is 5.82 Å². The number of aromatic nitrogens is 2. The Morgan fingerprint density at radius 2 is 0.689 bits per heavy atom. The van der Waals surface area contributed by atoms with Crippen LogP contribution >= 0.6 is 11.6 Å². The highest BCUT2D eigenvalue weighted by Crippen LogP contribution is 2.43. The van der Waals surface area contributed by atoms with Crippen LogP contribution in [0.3, 0.4) is 0 Å². The molecule has 7 aromatic carbocycles. The molecular weight excluding hydrogens is 568 g/mol. The summed E-state index contributed by atoms with van der Waals surface area (Å²) >= 11 is 6.20. The Morgan fingerprint density at radius 3 is 1.16 bits per heavy atom. The zero-order valence-corrected chi connectivity index (χ0v) is 25.1. The maximum Gasteiger partial charge on any atom is 0.160 e. The van der Waals surface area contributed by atoms with Crippen molar-refractivity contribution in [1.82, 2.24) is 9.97 Å². The third kappa shape index (κ3) is 5.06. The average Bonchev–Trinajstić information content (AvgIpc) is 3.11. The number of benzene rings is 7. The van der Waals surface area contributed by atoms with Gasteiger partial charge in [-0.1, -0.05) is 157 Å². The lowest BCUT2D eigenvalue weighted by Crippen LogP contribution is -1.96. The molecule has 2 nitrogen and oxygen atoms in total. The molecule has 0 amide bonds. The van der Waals surface area contributed by atoms with Crippen molar-refractivity contribution < 1.29 is 0 Å². The molecule has 0 aliphatic carbocycles. The van der Waals surface area contributed by atoms with Crippen LogP contribution in [0.25, 0.3) is 77.7 Å². The standard InChI is InChI=1S/C42H27ClN2/c43-33-25-23-29(24-26-33)39-27-38(44-42(45-39)32-13-5-2-6-14-32)28-19-21-31(22-20-28)41-36-17-9-7-15-34(36)40(30-11-3-1-4-12-30)35-16-8-10-18-37(35)41/h1-27H. The van der Waals surface area contributed by atoms with Crippen LogP contribution in [0.2, 0.25) is 5.02 Å². The molecule has 0 aliphatic rings. The van der Waals surface area contributed by atoms with Gasteiger partial charge in [0.25, 0.3) is 0 Å². The fraction of sp³-hybridized carbons (Fsp3) is 0. The molecule has 8 rings (SSSR count). The quantitative estimate of drug-likeness (QED) is 0.185. The van der Waals surface area contributed by atoms with Gasteiger partial charge in [-0.3, -0.25) is 0 Å². The SMILES string of the molecule is Clc1ccc(-c2cc(-c3ccc(-c4c5ccccc5c(-c5ccccc5)c5ccccc45)cc3)nc(-c3ccccc3)n2)cc1. The highest BCUT2D eigenvalue weighted by Gasteiger charge is 2.17. The van der Waals surface area contributed by atoms with Crippen LogP contribution < -0.4 is 0 Å². The van der Waals surface area contributed by atoms with Gasteiger partial charge in [-0.2, -0.15) is 0 Å². The van der Waals surface area contributed by atoms with Crippen molar-refractivity contribution in [2.75, 3.05) is 0 Å². The first-order valence-corrected chi connectivity index (χ1v) is 15.4. The molecule has 212 valence electrons. The number of fused-ring (bicyclic) bond motifs is 2. The van der Waals surface area contributed by atoms with Crippen LogP contribution in [0.5, 0.6) is 0 Å². The summed E-state index contributed by atoms with van der Waals surface area (Å²) in [6.07, 6.45) is 0. The fourth-order valence-corrected chi connectivity index (χ4v) is 6.37. The van der Waals surface area contributed by atoms with Crippen molar-refractivity contribution in [3.63, 3.8) is 0 Å². The number of nitrogens with zero attached hydrogens (tertiary/aromatic N) is 2. The van der Waals surface area contributed by atoms with E-state index >= 15 is 0 Å². The second kappa shape index (κ2) is 11.5. The maximum atomic E-state index is 6.20. The van der Waals surface area contributed by atoms with E-state index in [1.165, 1.54) is 43.8 Å². The van der Waals surface area contributed by atoms with E-state index in [0.717, 1.165) is 28.1 Å². The molecule has 0 saturated carbocycles. The van der Waals surface area contributed by atoms with E-state index in [4.69, 9.17) is 21.6 Å². The predicted molar refractivity (Wildman–Crippen MR) is 189 cm³/mol. The van der Waals surface area contributed by atoms with E-state index < -0.39 is 0 Å². The van der Waals surface area contributed by atoms with Gasteiger partial charge in [-0.25, -0.2) is 9.97 Å². The third-order valence-electron chi connectivity index (χ3n) is 8.36. The monoisotopic (exact) mass is 594 g/mol. The van der Waals surface area contributed by atoms with Crippen molar-refractivity contribution in [2.45, 2.75) is 0 Å². The summed E-state index contributed by atoms with van der Waals surface area (Å²) in [5, 5.41) is 5.67.